The van der Waals surface area contributed by atoms with Crippen molar-refractivity contribution in [1.82, 2.24) is 10.6 Å². The van der Waals surface area contributed by atoms with Crippen molar-refractivity contribution in [3.8, 4) is 0 Å². The van der Waals surface area contributed by atoms with Gasteiger partial charge < -0.3 is 10.6 Å². The second-order valence-electron chi connectivity index (χ2n) is 6.37. The van der Waals surface area contributed by atoms with Crippen LogP contribution in [0.3, 0.4) is 0 Å². The topological polar surface area (TPSA) is 24.1 Å². The lowest BCUT2D eigenvalue weighted by Gasteiger charge is -2.28. The summed E-state index contributed by atoms with van der Waals surface area (Å²) in [5, 5.41) is 8.18. The minimum absolute atomic E-state index is 0.392. The van der Waals surface area contributed by atoms with Crippen LogP contribution in [0.2, 0.25) is 5.02 Å². The Morgan fingerprint density at radius 3 is 2.50 bits per heavy atom. The molecule has 0 aromatic heterocycles. The Morgan fingerprint density at radius 1 is 1.25 bits per heavy atom. The van der Waals surface area contributed by atoms with Crippen molar-refractivity contribution in [3.05, 3.63) is 34.9 Å². The van der Waals surface area contributed by atoms with Crippen LogP contribution in [-0.4, -0.2) is 18.6 Å². The van der Waals surface area contributed by atoms with E-state index in [9.17, 15) is 0 Å². The van der Waals surface area contributed by atoms with Crippen molar-refractivity contribution in [2.24, 2.45) is 5.92 Å². The Bertz CT molecular complexity index is 396. The average Bonchev–Trinajstić information content (AvgIpc) is 2.90. The smallest absolute Gasteiger partial charge is 0.0406 e. The van der Waals surface area contributed by atoms with Gasteiger partial charge in [-0.3, -0.25) is 0 Å². The maximum atomic E-state index is 5.99. The molecular weight excluding hydrogens is 268 g/mol. The van der Waals surface area contributed by atoms with Gasteiger partial charge in [0.2, 0.25) is 0 Å². The predicted octanol–water partition coefficient (Wildman–Crippen LogP) is 4.16. The first-order valence-electron chi connectivity index (χ1n) is 7.81. The van der Waals surface area contributed by atoms with Crippen molar-refractivity contribution in [2.45, 2.75) is 58.2 Å². The number of halogens is 1. The van der Waals surface area contributed by atoms with E-state index in [1.807, 2.05) is 12.1 Å². The molecule has 0 radical (unpaired) electrons. The highest BCUT2D eigenvalue weighted by Gasteiger charge is 2.21. The number of nitrogens with one attached hydrogen (secondary N) is 2. The lowest BCUT2D eigenvalue weighted by Crippen LogP contribution is -2.37. The van der Waals surface area contributed by atoms with Gasteiger partial charge >= 0.3 is 0 Å². The highest BCUT2D eigenvalue weighted by atomic mass is 35.5. The van der Waals surface area contributed by atoms with Crippen LogP contribution in [0.1, 0.15) is 51.6 Å². The quantitative estimate of drug-likeness (QED) is 0.823. The van der Waals surface area contributed by atoms with Crippen LogP contribution in [0.5, 0.6) is 0 Å². The molecule has 0 saturated carbocycles. The Balaban J connectivity index is 1.96. The summed E-state index contributed by atoms with van der Waals surface area (Å²) in [6.45, 7) is 8.02. The Hall–Kier alpha value is -0.570. The largest absolute Gasteiger partial charge is 0.314 e. The number of hydrogen-bond donors (Lipinski definition) is 2. The van der Waals surface area contributed by atoms with Gasteiger partial charge in [0.1, 0.15) is 0 Å². The van der Waals surface area contributed by atoms with E-state index in [0.29, 0.717) is 24.0 Å². The highest BCUT2D eigenvalue weighted by molar-refractivity contribution is 6.30. The van der Waals surface area contributed by atoms with Crippen molar-refractivity contribution in [1.29, 1.82) is 0 Å². The number of hydrogen-bond acceptors (Lipinski definition) is 2. The summed E-state index contributed by atoms with van der Waals surface area (Å²) in [7, 11) is 0. The van der Waals surface area contributed by atoms with E-state index in [0.717, 1.165) is 5.02 Å². The number of rotatable bonds is 6. The van der Waals surface area contributed by atoms with E-state index in [4.69, 9.17) is 11.6 Å². The van der Waals surface area contributed by atoms with Crippen LogP contribution in [-0.2, 0) is 0 Å². The lowest BCUT2D eigenvalue weighted by molar-refractivity contribution is 0.340. The van der Waals surface area contributed by atoms with E-state index >= 15 is 0 Å². The van der Waals surface area contributed by atoms with Crippen LogP contribution in [0, 0.1) is 5.92 Å². The van der Waals surface area contributed by atoms with Crippen molar-refractivity contribution in [2.75, 3.05) is 6.54 Å². The maximum absolute atomic E-state index is 5.99. The highest BCUT2D eigenvalue weighted by Crippen LogP contribution is 2.24. The zero-order valence-corrected chi connectivity index (χ0v) is 13.6. The maximum Gasteiger partial charge on any atom is 0.0406 e. The first-order chi connectivity index (χ1) is 9.56. The molecule has 1 saturated heterocycles. The zero-order chi connectivity index (χ0) is 14.5. The molecule has 1 heterocycles. The van der Waals surface area contributed by atoms with Gasteiger partial charge in [0.15, 0.2) is 0 Å². The van der Waals surface area contributed by atoms with Crippen LogP contribution in [0.15, 0.2) is 24.3 Å². The van der Waals surface area contributed by atoms with Gasteiger partial charge in [-0.15, -0.1) is 0 Å². The van der Waals surface area contributed by atoms with E-state index in [1.54, 1.807) is 0 Å². The van der Waals surface area contributed by atoms with E-state index in [2.05, 4.69) is 43.5 Å². The molecule has 3 heteroatoms. The van der Waals surface area contributed by atoms with Crippen LogP contribution >= 0.6 is 11.6 Å². The monoisotopic (exact) mass is 294 g/mol. The SMILES string of the molecule is CC(CC1CCCN1)NC(c1ccc(Cl)cc1)C(C)C. The Labute approximate surface area is 128 Å². The van der Waals surface area contributed by atoms with Crippen LogP contribution in [0.25, 0.3) is 0 Å². The summed E-state index contributed by atoms with van der Waals surface area (Å²) >= 11 is 5.99. The third kappa shape index (κ3) is 4.47. The molecule has 0 spiro atoms. The molecule has 1 aromatic carbocycles. The van der Waals surface area contributed by atoms with Crippen molar-refractivity contribution >= 4 is 11.6 Å². The van der Waals surface area contributed by atoms with Gasteiger partial charge in [-0.25, -0.2) is 0 Å². The Kier molecular flexibility index (Phi) is 5.88. The molecule has 112 valence electrons. The third-order valence-corrected chi connectivity index (χ3v) is 4.41. The molecule has 3 atom stereocenters. The second kappa shape index (κ2) is 7.44. The molecule has 2 N–H and O–H groups in total. The Morgan fingerprint density at radius 2 is 1.95 bits per heavy atom. The fourth-order valence-electron chi connectivity index (χ4n) is 3.10. The fraction of sp³-hybridized carbons (Fsp3) is 0.647. The number of benzene rings is 1. The molecule has 1 aliphatic rings. The molecular formula is C17H27ClN2. The zero-order valence-electron chi connectivity index (χ0n) is 12.8. The van der Waals surface area contributed by atoms with E-state index in [1.165, 1.54) is 31.4 Å². The second-order valence-corrected chi connectivity index (χ2v) is 6.81. The molecule has 3 unspecified atom stereocenters. The molecule has 2 rings (SSSR count). The standard InChI is InChI=1S/C17H27ClN2/c1-12(2)17(14-6-8-15(18)9-7-14)20-13(3)11-16-5-4-10-19-16/h6-9,12-13,16-17,19-20H,4-5,10-11H2,1-3H3. The normalized spacial score (nSPS) is 22.1. The van der Waals surface area contributed by atoms with E-state index < -0.39 is 0 Å². The average molecular weight is 295 g/mol. The lowest BCUT2D eigenvalue weighted by atomic mass is 9.94. The van der Waals surface area contributed by atoms with Crippen molar-refractivity contribution < 1.29 is 0 Å². The minimum atomic E-state index is 0.392. The molecule has 1 fully saturated rings. The summed E-state index contributed by atoms with van der Waals surface area (Å²) in [5.41, 5.74) is 1.33. The molecule has 20 heavy (non-hydrogen) atoms. The molecule has 1 aliphatic heterocycles. The first-order valence-corrected chi connectivity index (χ1v) is 8.19. The fourth-order valence-corrected chi connectivity index (χ4v) is 3.23. The van der Waals surface area contributed by atoms with Crippen LogP contribution < -0.4 is 10.6 Å². The summed E-state index contributed by atoms with van der Waals surface area (Å²) in [6, 6.07) is 9.85. The molecule has 0 bridgehead atoms. The minimum Gasteiger partial charge on any atom is -0.314 e. The summed E-state index contributed by atoms with van der Waals surface area (Å²) in [4.78, 5) is 0. The molecule has 1 aromatic rings. The summed E-state index contributed by atoms with van der Waals surface area (Å²) in [5.74, 6) is 0.565. The van der Waals surface area contributed by atoms with Gasteiger partial charge in [-0.05, 0) is 56.3 Å². The van der Waals surface area contributed by atoms with Gasteiger partial charge in [-0.1, -0.05) is 37.6 Å². The van der Waals surface area contributed by atoms with Gasteiger partial charge in [0, 0.05) is 23.1 Å². The summed E-state index contributed by atoms with van der Waals surface area (Å²) in [6.07, 6.45) is 3.85. The molecule has 0 amide bonds. The van der Waals surface area contributed by atoms with E-state index in [-0.39, 0.29) is 0 Å². The molecule has 2 nitrogen and oxygen atoms in total. The van der Waals surface area contributed by atoms with Crippen molar-refractivity contribution in [3.63, 3.8) is 0 Å². The van der Waals surface area contributed by atoms with Gasteiger partial charge in [0.25, 0.3) is 0 Å². The first kappa shape index (κ1) is 15.8. The summed E-state index contributed by atoms with van der Waals surface area (Å²) < 4.78 is 0. The third-order valence-electron chi connectivity index (χ3n) is 4.16. The molecule has 0 aliphatic carbocycles. The van der Waals surface area contributed by atoms with Gasteiger partial charge in [-0.2, -0.15) is 0 Å². The predicted molar refractivity (Wildman–Crippen MR) is 87.3 cm³/mol. The van der Waals surface area contributed by atoms with Gasteiger partial charge in [0.05, 0.1) is 0 Å². The van der Waals surface area contributed by atoms with Crippen LogP contribution in [0.4, 0.5) is 0 Å².